The van der Waals surface area contributed by atoms with Gasteiger partial charge in [0.1, 0.15) is 12.4 Å². The van der Waals surface area contributed by atoms with Crippen LogP contribution in [0.4, 0.5) is 18.0 Å². The Labute approximate surface area is 226 Å². The molecule has 1 atom stereocenters. The highest BCUT2D eigenvalue weighted by Gasteiger charge is 2.62. The van der Waals surface area contributed by atoms with E-state index < -0.39 is 23.2 Å². The summed E-state index contributed by atoms with van der Waals surface area (Å²) in [5, 5.41) is 10.7. The summed E-state index contributed by atoms with van der Waals surface area (Å²) >= 11 is 0. The number of aliphatic hydroxyl groups is 1. The van der Waals surface area contributed by atoms with Crippen LogP contribution >= 0.6 is 0 Å². The van der Waals surface area contributed by atoms with E-state index in [4.69, 9.17) is 9.47 Å². The fraction of sp³-hybridized carbons (Fsp3) is 0.517. The summed E-state index contributed by atoms with van der Waals surface area (Å²) < 4.78 is 52.6. The highest BCUT2D eigenvalue weighted by atomic mass is 19.4. The molecule has 2 aliphatic rings. The zero-order valence-corrected chi connectivity index (χ0v) is 22.2. The van der Waals surface area contributed by atoms with E-state index in [2.05, 4.69) is 0 Å². The molecule has 0 spiro atoms. The van der Waals surface area contributed by atoms with E-state index in [1.807, 2.05) is 30.3 Å². The van der Waals surface area contributed by atoms with Crippen LogP contribution in [0.2, 0.25) is 0 Å². The number of nitrogens with zero attached hydrogens (tertiary/aromatic N) is 2. The third-order valence-corrected chi connectivity index (χ3v) is 8.03. The zero-order chi connectivity index (χ0) is 28.2. The zero-order valence-electron chi connectivity index (χ0n) is 22.2. The van der Waals surface area contributed by atoms with E-state index in [9.17, 15) is 27.9 Å². The molecule has 4 rings (SSSR count). The molecule has 7 nitrogen and oxygen atoms in total. The number of hydrogen-bond donors (Lipinski definition) is 1. The molecule has 1 aliphatic carbocycles. The maximum Gasteiger partial charge on any atom is 0.430 e. The number of likely N-dealkylation sites (tertiary alicyclic amines) is 1. The van der Waals surface area contributed by atoms with Gasteiger partial charge in [0.05, 0.1) is 7.11 Å². The van der Waals surface area contributed by atoms with E-state index in [1.54, 1.807) is 4.90 Å². The van der Waals surface area contributed by atoms with E-state index in [0.29, 0.717) is 31.8 Å². The van der Waals surface area contributed by atoms with Crippen molar-refractivity contribution in [2.75, 3.05) is 27.2 Å². The number of piperidine rings is 1. The van der Waals surface area contributed by atoms with Crippen LogP contribution in [0.1, 0.15) is 43.2 Å². The second-order valence-corrected chi connectivity index (χ2v) is 10.6. The number of likely N-dealkylation sites (N-methyl/N-ethyl adjacent to an activating group) is 1. The Kier molecular flexibility index (Phi) is 8.73. The first-order valence-electron chi connectivity index (χ1n) is 13.2. The summed E-state index contributed by atoms with van der Waals surface area (Å²) in [5.41, 5.74) is -3.31. The van der Waals surface area contributed by atoms with Crippen LogP contribution in [0, 0.1) is 11.8 Å². The Morgan fingerprint density at radius 2 is 1.69 bits per heavy atom. The highest BCUT2D eigenvalue weighted by Crippen LogP contribution is 2.44. The van der Waals surface area contributed by atoms with Gasteiger partial charge in [0.15, 0.2) is 0 Å². The Morgan fingerprint density at radius 1 is 1.03 bits per heavy atom. The Morgan fingerprint density at radius 3 is 2.31 bits per heavy atom. The van der Waals surface area contributed by atoms with Gasteiger partial charge in [-0.05, 0) is 61.6 Å². The topological polar surface area (TPSA) is 79.3 Å². The lowest BCUT2D eigenvalue weighted by Crippen LogP contribution is -2.58. The molecule has 212 valence electrons. The normalized spacial score (nSPS) is 21.4. The summed E-state index contributed by atoms with van der Waals surface area (Å²) in [6.45, 7) is 1.44. The predicted octanol–water partition coefficient (Wildman–Crippen LogP) is 5.12. The first kappa shape index (κ1) is 28.7. The van der Waals surface area contributed by atoms with Crippen LogP contribution in [-0.4, -0.2) is 66.4 Å². The number of hydrogen-bond acceptors (Lipinski definition) is 5. The number of methoxy groups -OCH3 is 1. The number of rotatable bonds is 8. The number of alkyl halides is 3. The van der Waals surface area contributed by atoms with Crippen LogP contribution in [0.3, 0.4) is 0 Å². The molecule has 10 heteroatoms. The van der Waals surface area contributed by atoms with Gasteiger partial charge in [-0.1, -0.05) is 42.5 Å². The minimum Gasteiger partial charge on any atom is -0.497 e. The fourth-order valence-electron chi connectivity index (χ4n) is 5.52. The number of ether oxygens (including phenoxy) is 2. The SMILES string of the molecule is COc1cccc(C(O)(C(=O)N(C)C2CC(CC3CCN(C(=O)OCc4ccccc4)CC3)C2)C(F)(F)F)c1. The monoisotopic (exact) mass is 548 g/mol. The Balaban J connectivity index is 1.25. The predicted molar refractivity (Wildman–Crippen MR) is 138 cm³/mol. The Bertz CT molecular complexity index is 1130. The van der Waals surface area contributed by atoms with Crippen molar-refractivity contribution in [3.8, 4) is 5.75 Å². The molecule has 1 aliphatic heterocycles. The summed E-state index contributed by atoms with van der Waals surface area (Å²) in [6, 6.07) is 14.0. The molecule has 1 N–H and O–H groups in total. The van der Waals surface area contributed by atoms with Crippen molar-refractivity contribution in [1.29, 1.82) is 0 Å². The maximum atomic E-state index is 14.1. The lowest BCUT2D eigenvalue weighted by molar-refractivity contribution is -0.262. The molecule has 0 radical (unpaired) electrons. The molecular weight excluding hydrogens is 513 g/mol. The van der Waals surface area contributed by atoms with E-state index in [0.717, 1.165) is 41.9 Å². The van der Waals surface area contributed by atoms with Crippen LogP contribution in [0.25, 0.3) is 0 Å². The second kappa shape index (κ2) is 11.9. The lowest BCUT2D eigenvalue weighted by atomic mass is 9.72. The van der Waals surface area contributed by atoms with Crippen molar-refractivity contribution in [2.24, 2.45) is 11.8 Å². The minimum atomic E-state index is -5.20. The van der Waals surface area contributed by atoms with E-state index in [1.165, 1.54) is 26.3 Å². The van der Waals surface area contributed by atoms with Gasteiger partial charge in [0, 0.05) is 31.7 Å². The van der Waals surface area contributed by atoms with Gasteiger partial charge in [0.25, 0.3) is 11.5 Å². The summed E-state index contributed by atoms with van der Waals surface area (Å²) in [7, 11) is 2.62. The van der Waals surface area contributed by atoms with Gasteiger partial charge in [-0.3, -0.25) is 4.79 Å². The van der Waals surface area contributed by atoms with Gasteiger partial charge in [-0.15, -0.1) is 0 Å². The van der Waals surface area contributed by atoms with Crippen LogP contribution in [0.15, 0.2) is 54.6 Å². The van der Waals surface area contributed by atoms with Crippen molar-refractivity contribution in [1.82, 2.24) is 9.80 Å². The molecule has 39 heavy (non-hydrogen) atoms. The summed E-state index contributed by atoms with van der Waals surface area (Å²) in [5.74, 6) is -0.597. The van der Waals surface area contributed by atoms with Crippen LogP contribution in [-0.2, 0) is 21.7 Å². The van der Waals surface area contributed by atoms with E-state index >= 15 is 0 Å². The molecule has 2 aromatic carbocycles. The molecule has 0 bridgehead atoms. The number of benzene rings is 2. The third-order valence-electron chi connectivity index (χ3n) is 8.03. The Hall–Kier alpha value is -3.27. The average molecular weight is 549 g/mol. The molecule has 1 saturated carbocycles. The van der Waals surface area contributed by atoms with Crippen LogP contribution < -0.4 is 4.74 Å². The lowest BCUT2D eigenvalue weighted by Gasteiger charge is -2.45. The van der Waals surface area contributed by atoms with Crippen molar-refractivity contribution in [2.45, 2.75) is 56.5 Å². The summed E-state index contributed by atoms with van der Waals surface area (Å²) in [6.07, 6.45) is -1.81. The molecule has 1 saturated heterocycles. The van der Waals surface area contributed by atoms with Crippen molar-refractivity contribution >= 4 is 12.0 Å². The van der Waals surface area contributed by atoms with Crippen molar-refractivity contribution in [3.63, 3.8) is 0 Å². The molecule has 1 heterocycles. The third kappa shape index (κ3) is 6.32. The number of carbonyl (C=O) groups is 2. The molecular formula is C29H35F3N2O5. The van der Waals surface area contributed by atoms with Gasteiger partial charge < -0.3 is 24.4 Å². The first-order valence-corrected chi connectivity index (χ1v) is 13.2. The van der Waals surface area contributed by atoms with Crippen LogP contribution in [0.5, 0.6) is 5.75 Å². The molecule has 2 amide bonds. The van der Waals surface area contributed by atoms with Gasteiger partial charge in [-0.2, -0.15) is 13.2 Å². The van der Waals surface area contributed by atoms with Crippen molar-refractivity contribution in [3.05, 3.63) is 65.7 Å². The van der Waals surface area contributed by atoms with Gasteiger partial charge in [-0.25, -0.2) is 4.79 Å². The fourth-order valence-corrected chi connectivity index (χ4v) is 5.52. The minimum absolute atomic E-state index is 0.116. The number of halogens is 3. The number of carbonyl (C=O) groups excluding carboxylic acids is 2. The smallest absolute Gasteiger partial charge is 0.430 e. The first-order chi connectivity index (χ1) is 18.5. The molecule has 1 unspecified atom stereocenters. The second-order valence-electron chi connectivity index (χ2n) is 10.6. The maximum absolute atomic E-state index is 14.1. The average Bonchev–Trinajstić information content (AvgIpc) is 2.92. The molecule has 2 fully saturated rings. The summed E-state index contributed by atoms with van der Waals surface area (Å²) in [4.78, 5) is 28.2. The van der Waals surface area contributed by atoms with E-state index in [-0.39, 0.29) is 30.4 Å². The van der Waals surface area contributed by atoms with Gasteiger partial charge >= 0.3 is 12.3 Å². The largest absolute Gasteiger partial charge is 0.497 e. The highest BCUT2D eigenvalue weighted by molar-refractivity contribution is 5.87. The van der Waals surface area contributed by atoms with Gasteiger partial charge in [0.2, 0.25) is 0 Å². The standard InChI is InChI=1S/C29H35F3N2O5/c1-33(26(35)28(37,29(30,31)32)23-9-6-10-25(18-23)38-2)24-16-22(17-24)15-20-11-13-34(14-12-20)27(36)39-19-21-7-4-3-5-8-21/h3-10,18,20,22,24,37H,11-17,19H2,1-2H3. The van der Waals surface area contributed by atoms with Crippen molar-refractivity contribution < 1.29 is 37.3 Å². The number of amides is 2. The quantitative estimate of drug-likeness (QED) is 0.496. The molecule has 0 aromatic heterocycles. The molecule has 2 aromatic rings.